The first-order chi connectivity index (χ1) is 10.6. The Hall–Kier alpha value is -2.11. The van der Waals surface area contributed by atoms with Gasteiger partial charge in [0.2, 0.25) is 0 Å². The molecule has 3 aromatic rings. The first kappa shape index (κ1) is 14.8. The molecule has 1 amide bonds. The topological polar surface area (TPSA) is 38.3 Å². The summed E-state index contributed by atoms with van der Waals surface area (Å²) in [5, 5.41) is 3.78. The lowest BCUT2D eigenvalue weighted by Crippen LogP contribution is -2.10. The summed E-state index contributed by atoms with van der Waals surface area (Å²) >= 11 is 7.39. The van der Waals surface area contributed by atoms with E-state index in [2.05, 4.69) is 5.32 Å². The van der Waals surface area contributed by atoms with Crippen molar-refractivity contribution in [3.8, 4) is 5.75 Å². The molecule has 0 saturated heterocycles. The summed E-state index contributed by atoms with van der Waals surface area (Å²) in [5.41, 5.74) is 0.630. The third kappa shape index (κ3) is 2.77. The lowest BCUT2D eigenvalue weighted by atomic mass is 10.2. The number of amides is 1. The first-order valence-electron chi connectivity index (χ1n) is 6.41. The van der Waals surface area contributed by atoms with Crippen LogP contribution in [0.3, 0.4) is 0 Å². The number of methoxy groups -OCH3 is 1. The van der Waals surface area contributed by atoms with Crippen LogP contribution in [0, 0.1) is 5.82 Å². The largest absolute Gasteiger partial charge is 0.497 e. The van der Waals surface area contributed by atoms with Crippen molar-refractivity contribution in [2.45, 2.75) is 0 Å². The number of hydrogen-bond donors (Lipinski definition) is 1. The van der Waals surface area contributed by atoms with Crippen LogP contribution in [0.15, 0.2) is 42.5 Å². The molecule has 0 aliphatic rings. The molecule has 1 N–H and O–H groups in total. The van der Waals surface area contributed by atoms with Gasteiger partial charge in [-0.15, -0.1) is 11.3 Å². The summed E-state index contributed by atoms with van der Waals surface area (Å²) in [6, 6.07) is 11.2. The maximum Gasteiger partial charge on any atom is 0.267 e. The maximum absolute atomic E-state index is 13.2. The first-order valence-corrected chi connectivity index (χ1v) is 7.61. The summed E-state index contributed by atoms with van der Waals surface area (Å²) < 4.78 is 19.0. The minimum Gasteiger partial charge on any atom is -0.497 e. The molecule has 0 saturated carbocycles. The Kier molecular flexibility index (Phi) is 4.00. The minimum atomic E-state index is -0.354. The smallest absolute Gasteiger partial charge is 0.267 e. The van der Waals surface area contributed by atoms with Gasteiger partial charge in [0.25, 0.3) is 5.91 Å². The molecule has 3 rings (SSSR count). The zero-order chi connectivity index (χ0) is 15.7. The minimum absolute atomic E-state index is 0.322. The molecule has 1 aromatic heterocycles. The lowest BCUT2D eigenvalue weighted by Gasteiger charge is -2.05. The van der Waals surface area contributed by atoms with E-state index < -0.39 is 0 Å². The Bertz CT molecular complexity index is 845. The van der Waals surface area contributed by atoms with Gasteiger partial charge in [0.1, 0.15) is 16.4 Å². The highest BCUT2D eigenvalue weighted by molar-refractivity contribution is 7.21. The van der Waals surface area contributed by atoms with Crippen LogP contribution >= 0.6 is 22.9 Å². The van der Waals surface area contributed by atoms with Gasteiger partial charge in [0, 0.05) is 15.8 Å². The van der Waals surface area contributed by atoms with Crippen molar-refractivity contribution in [3.05, 3.63) is 58.2 Å². The van der Waals surface area contributed by atoms with Gasteiger partial charge >= 0.3 is 0 Å². The zero-order valence-electron chi connectivity index (χ0n) is 11.5. The van der Waals surface area contributed by atoms with Crippen LogP contribution < -0.4 is 10.1 Å². The second-order valence-corrected chi connectivity index (χ2v) is 6.00. The fourth-order valence-electron chi connectivity index (χ4n) is 2.05. The highest BCUT2D eigenvalue weighted by Gasteiger charge is 2.17. The van der Waals surface area contributed by atoms with E-state index in [0.29, 0.717) is 31.4 Å². The van der Waals surface area contributed by atoms with Crippen molar-refractivity contribution in [2.75, 3.05) is 12.4 Å². The van der Waals surface area contributed by atoms with Crippen LogP contribution in [0.1, 0.15) is 9.67 Å². The Balaban J connectivity index is 1.89. The number of halogens is 2. The van der Waals surface area contributed by atoms with Crippen molar-refractivity contribution >= 4 is 44.6 Å². The Morgan fingerprint density at radius 1 is 1.23 bits per heavy atom. The summed E-state index contributed by atoms with van der Waals surface area (Å²) in [6.07, 6.45) is 0. The predicted molar refractivity (Wildman–Crippen MR) is 87.7 cm³/mol. The Morgan fingerprint density at radius 2 is 1.95 bits per heavy atom. The molecular formula is C16H11ClFNO2S. The molecule has 0 unspecified atom stereocenters. The molecule has 22 heavy (non-hydrogen) atoms. The van der Waals surface area contributed by atoms with E-state index >= 15 is 0 Å². The molecule has 1 heterocycles. The average molecular weight is 336 g/mol. The molecule has 0 aliphatic heterocycles. The molecule has 0 fully saturated rings. The highest BCUT2D eigenvalue weighted by Crippen LogP contribution is 2.36. The van der Waals surface area contributed by atoms with Crippen molar-refractivity contribution in [3.63, 3.8) is 0 Å². The monoisotopic (exact) mass is 335 g/mol. The number of carbonyl (C=O) groups excluding carboxylic acids is 1. The number of carbonyl (C=O) groups is 1. The third-order valence-corrected chi connectivity index (χ3v) is 4.80. The van der Waals surface area contributed by atoms with Gasteiger partial charge in [-0.1, -0.05) is 11.6 Å². The van der Waals surface area contributed by atoms with Crippen molar-refractivity contribution in [1.82, 2.24) is 0 Å². The number of rotatable bonds is 3. The molecule has 6 heteroatoms. The van der Waals surface area contributed by atoms with Crippen LogP contribution in [0.4, 0.5) is 10.1 Å². The second kappa shape index (κ2) is 5.94. The van der Waals surface area contributed by atoms with Crippen LogP contribution in [-0.2, 0) is 0 Å². The number of ether oxygens (including phenoxy) is 1. The van der Waals surface area contributed by atoms with Gasteiger partial charge in [-0.05, 0) is 42.5 Å². The third-order valence-electron chi connectivity index (χ3n) is 3.15. The predicted octanol–water partition coefficient (Wildman–Crippen LogP) is 4.95. The number of thiophene rings is 1. The van der Waals surface area contributed by atoms with E-state index in [4.69, 9.17) is 16.3 Å². The summed E-state index contributed by atoms with van der Waals surface area (Å²) in [6.45, 7) is 0. The number of benzene rings is 2. The fourth-order valence-corrected chi connectivity index (χ4v) is 3.48. The van der Waals surface area contributed by atoms with E-state index in [1.165, 1.54) is 12.1 Å². The molecular weight excluding hydrogens is 325 g/mol. The lowest BCUT2D eigenvalue weighted by molar-refractivity contribution is 0.103. The summed E-state index contributed by atoms with van der Waals surface area (Å²) in [5.74, 6) is 0.0256. The van der Waals surface area contributed by atoms with E-state index in [9.17, 15) is 9.18 Å². The molecule has 0 radical (unpaired) electrons. The molecule has 0 spiro atoms. The van der Waals surface area contributed by atoms with Gasteiger partial charge in [-0.2, -0.15) is 0 Å². The molecule has 0 bridgehead atoms. The molecule has 0 atom stereocenters. The number of nitrogens with one attached hydrogen (secondary N) is 1. The molecule has 112 valence electrons. The SMILES string of the molecule is COc1ccc(NC(=O)c2sc3cc(F)ccc3c2Cl)cc1. The highest BCUT2D eigenvalue weighted by atomic mass is 35.5. The van der Waals surface area contributed by atoms with E-state index in [1.54, 1.807) is 37.4 Å². The van der Waals surface area contributed by atoms with Crippen molar-refractivity contribution in [2.24, 2.45) is 0 Å². The van der Waals surface area contributed by atoms with Crippen molar-refractivity contribution < 1.29 is 13.9 Å². The standard InChI is InChI=1S/C16H11ClFNO2S/c1-21-11-5-3-10(4-6-11)19-16(20)15-14(17)12-7-2-9(18)8-13(12)22-15/h2-8H,1H3,(H,19,20). The quantitative estimate of drug-likeness (QED) is 0.735. The van der Waals surface area contributed by atoms with Crippen LogP contribution in [0.25, 0.3) is 10.1 Å². The van der Waals surface area contributed by atoms with Gasteiger partial charge in [-0.25, -0.2) is 4.39 Å². The van der Waals surface area contributed by atoms with Gasteiger partial charge in [0.05, 0.1) is 12.1 Å². The van der Waals surface area contributed by atoms with E-state index in [0.717, 1.165) is 11.3 Å². The van der Waals surface area contributed by atoms with E-state index in [-0.39, 0.29) is 11.7 Å². The van der Waals surface area contributed by atoms with E-state index in [1.807, 2.05) is 0 Å². The molecule has 2 aromatic carbocycles. The number of fused-ring (bicyclic) bond motifs is 1. The summed E-state index contributed by atoms with van der Waals surface area (Å²) in [7, 11) is 1.57. The number of anilines is 1. The van der Waals surface area contributed by atoms with Gasteiger partial charge in [-0.3, -0.25) is 4.79 Å². The van der Waals surface area contributed by atoms with Gasteiger partial charge in [0.15, 0.2) is 0 Å². The fraction of sp³-hybridized carbons (Fsp3) is 0.0625. The Labute approximate surface area is 135 Å². The zero-order valence-corrected chi connectivity index (χ0v) is 13.1. The second-order valence-electron chi connectivity index (χ2n) is 4.57. The molecule has 0 aliphatic carbocycles. The van der Waals surface area contributed by atoms with Crippen LogP contribution in [0.5, 0.6) is 5.75 Å². The average Bonchev–Trinajstić information content (AvgIpc) is 2.84. The van der Waals surface area contributed by atoms with Crippen molar-refractivity contribution in [1.29, 1.82) is 0 Å². The van der Waals surface area contributed by atoms with Crippen LogP contribution in [-0.4, -0.2) is 13.0 Å². The molecule has 3 nitrogen and oxygen atoms in total. The van der Waals surface area contributed by atoms with Gasteiger partial charge < -0.3 is 10.1 Å². The maximum atomic E-state index is 13.2. The van der Waals surface area contributed by atoms with Crippen LogP contribution in [0.2, 0.25) is 5.02 Å². The Morgan fingerprint density at radius 3 is 2.64 bits per heavy atom. The summed E-state index contributed by atoms with van der Waals surface area (Å²) in [4.78, 5) is 12.7. The number of hydrogen-bond acceptors (Lipinski definition) is 3. The normalized spacial score (nSPS) is 10.7.